The van der Waals surface area contributed by atoms with Gasteiger partial charge in [0.2, 0.25) is 5.75 Å². The van der Waals surface area contributed by atoms with E-state index in [2.05, 4.69) is 0 Å². The zero-order chi connectivity index (χ0) is 20.5. The molecule has 0 unspecified atom stereocenters. The van der Waals surface area contributed by atoms with E-state index < -0.39 is 23.3 Å². The summed E-state index contributed by atoms with van der Waals surface area (Å²) in [6, 6.07) is 6.52. The van der Waals surface area contributed by atoms with E-state index in [1.165, 1.54) is 32.3 Å². The van der Waals surface area contributed by atoms with Crippen molar-refractivity contribution >= 4 is 27.9 Å². The highest BCUT2D eigenvalue weighted by Crippen LogP contribution is 2.35. The summed E-state index contributed by atoms with van der Waals surface area (Å²) < 4.78 is 22.0. The zero-order valence-electron chi connectivity index (χ0n) is 16.1. The average molecular weight is 386 g/mol. The predicted molar refractivity (Wildman–Crippen MR) is 103 cm³/mol. The van der Waals surface area contributed by atoms with Crippen LogP contribution < -0.4 is 10.4 Å². The monoisotopic (exact) mass is 386 g/mol. The molecule has 28 heavy (non-hydrogen) atoms. The Morgan fingerprint density at radius 3 is 2.61 bits per heavy atom. The maximum absolute atomic E-state index is 12.0. The second kappa shape index (κ2) is 7.52. The number of rotatable bonds is 6. The molecule has 1 aromatic carbocycles. The lowest BCUT2D eigenvalue weighted by atomic mass is 10.0. The first-order valence-corrected chi connectivity index (χ1v) is 8.80. The van der Waals surface area contributed by atoms with Gasteiger partial charge in [-0.3, -0.25) is 0 Å². The molecule has 2 aromatic heterocycles. The van der Waals surface area contributed by atoms with Gasteiger partial charge < -0.3 is 23.4 Å². The van der Waals surface area contributed by atoms with E-state index in [4.69, 9.17) is 18.3 Å². The predicted octanol–water partition coefficient (Wildman–Crippen LogP) is 3.57. The molecule has 0 amide bonds. The van der Waals surface area contributed by atoms with Crippen molar-refractivity contribution in [3.63, 3.8) is 0 Å². The van der Waals surface area contributed by atoms with Crippen molar-refractivity contribution in [1.29, 1.82) is 0 Å². The number of allylic oxidation sites excluding steroid dienone is 1. The fourth-order valence-corrected chi connectivity index (χ4v) is 2.69. The molecular formula is C21H22O7. The van der Waals surface area contributed by atoms with E-state index in [-0.39, 0.29) is 17.9 Å². The quantitative estimate of drug-likeness (QED) is 0.393. The van der Waals surface area contributed by atoms with Crippen LogP contribution in [0.2, 0.25) is 0 Å². The molecule has 0 fully saturated rings. The van der Waals surface area contributed by atoms with Crippen LogP contribution >= 0.6 is 0 Å². The zero-order valence-corrected chi connectivity index (χ0v) is 16.1. The number of ether oxygens (including phenoxy) is 2. The molecule has 3 rings (SSSR count). The van der Waals surface area contributed by atoms with Crippen LogP contribution in [-0.2, 0) is 9.53 Å². The number of esters is 1. The first kappa shape index (κ1) is 19.7. The van der Waals surface area contributed by atoms with Gasteiger partial charge in [-0.15, -0.1) is 0 Å². The number of carbonyl (C=O) groups excluding carboxylic acids is 1. The normalized spacial score (nSPS) is 12.8. The van der Waals surface area contributed by atoms with Gasteiger partial charge in [0.15, 0.2) is 17.3 Å². The molecule has 0 spiro atoms. The van der Waals surface area contributed by atoms with Gasteiger partial charge in [0.05, 0.1) is 11.9 Å². The molecule has 0 saturated carbocycles. The Kier molecular flexibility index (Phi) is 5.29. The van der Waals surface area contributed by atoms with Crippen LogP contribution in [0.4, 0.5) is 0 Å². The topological polar surface area (TPSA) is 99.1 Å². The molecule has 7 heteroatoms. The van der Waals surface area contributed by atoms with E-state index in [9.17, 15) is 14.7 Å². The Bertz CT molecular complexity index is 1090. The van der Waals surface area contributed by atoms with Crippen LogP contribution in [0.25, 0.3) is 21.9 Å². The third-order valence-electron chi connectivity index (χ3n) is 4.11. The van der Waals surface area contributed by atoms with E-state index >= 15 is 0 Å². The SMILES string of the molecule is CC(C)=CC(=O)O[C@H](COc1c2occc2cc2ccc(=O)oc12)C(C)(C)O. The lowest BCUT2D eigenvalue weighted by molar-refractivity contribution is -0.159. The molecule has 3 aromatic rings. The maximum atomic E-state index is 12.0. The van der Waals surface area contributed by atoms with Crippen molar-refractivity contribution in [1.82, 2.24) is 0 Å². The minimum atomic E-state index is -1.36. The largest absolute Gasteiger partial charge is 0.482 e. The van der Waals surface area contributed by atoms with Crippen molar-refractivity contribution in [2.75, 3.05) is 6.61 Å². The van der Waals surface area contributed by atoms with Crippen molar-refractivity contribution in [2.24, 2.45) is 0 Å². The Morgan fingerprint density at radius 1 is 1.21 bits per heavy atom. The van der Waals surface area contributed by atoms with Gasteiger partial charge >= 0.3 is 11.6 Å². The number of carbonyl (C=O) groups is 1. The fraction of sp³-hybridized carbons (Fsp3) is 0.333. The molecule has 0 bridgehead atoms. The second-order valence-electron chi connectivity index (χ2n) is 7.33. The minimum Gasteiger partial charge on any atom is -0.482 e. The Hall–Kier alpha value is -3.06. The van der Waals surface area contributed by atoms with Crippen LogP contribution in [0.5, 0.6) is 5.75 Å². The molecule has 0 aliphatic carbocycles. The molecule has 0 aliphatic heterocycles. The maximum Gasteiger partial charge on any atom is 0.336 e. The first-order valence-electron chi connectivity index (χ1n) is 8.80. The van der Waals surface area contributed by atoms with E-state index in [1.54, 1.807) is 26.0 Å². The highest BCUT2D eigenvalue weighted by atomic mass is 16.6. The molecule has 0 radical (unpaired) electrons. The van der Waals surface area contributed by atoms with Crippen molar-refractivity contribution in [2.45, 2.75) is 39.4 Å². The van der Waals surface area contributed by atoms with E-state index in [0.29, 0.717) is 11.0 Å². The number of aliphatic hydroxyl groups is 1. The van der Waals surface area contributed by atoms with Crippen LogP contribution in [0.15, 0.2) is 55.8 Å². The van der Waals surface area contributed by atoms with Gasteiger partial charge in [-0.25, -0.2) is 9.59 Å². The summed E-state index contributed by atoms with van der Waals surface area (Å²) in [5.74, 6) is -0.369. The summed E-state index contributed by atoms with van der Waals surface area (Å²) in [7, 11) is 0. The van der Waals surface area contributed by atoms with Crippen LogP contribution in [0.3, 0.4) is 0 Å². The number of hydrogen-bond acceptors (Lipinski definition) is 7. The summed E-state index contributed by atoms with van der Waals surface area (Å²) in [6.07, 6.45) is 1.86. The first-order chi connectivity index (χ1) is 13.1. The molecule has 7 nitrogen and oxygen atoms in total. The fourth-order valence-electron chi connectivity index (χ4n) is 2.69. The number of hydrogen-bond donors (Lipinski definition) is 1. The Labute approximate surface area is 161 Å². The summed E-state index contributed by atoms with van der Waals surface area (Å²) in [5.41, 5.74) is -0.503. The van der Waals surface area contributed by atoms with Gasteiger partial charge in [-0.05, 0) is 45.9 Å². The van der Waals surface area contributed by atoms with Crippen molar-refractivity contribution < 1.29 is 28.2 Å². The van der Waals surface area contributed by atoms with Crippen molar-refractivity contribution in [3.8, 4) is 5.75 Å². The van der Waals surface area contributed by atoms with Gasteiger partial charge in [0.1, 0.15) is 6.61 Å². The second-order valence-corrected chi connectivity index (χ2v) is 7.33. The lowest BCUT2D eigenvalue weighted by Crippen LogP contribution is -2.43. The smallest absolute Gasteiger partial charge is 0.336 e. The van der Waals surface area contributed by atoms with E-state index in [1.807, 2.05) is 6.07 Å². The molecule has 0 aliphatic rings. The molecule has 1 atom stereocenters. The highest BCUT2D eigenvalue weighted by Gasteiger charge is 2.31. The average Bonchev–Trinajstić information content (AvgIpc) is 3.04. The molecule has 1 N–H and O–H groups in total. The standard InChI is InChI=1S/C21H22O7/c1-12(2)9-17(23)27-15(21(3,4)24)11-26-20-18-14(7-8-25-18)10-13-5-6-16(22)28-19(13)20/h5-10,15,24H,11H2,1-4H3/t15-/m1/s1. The lowest BCUT2D eigenvalue weighted by Gasteiger charge is -2.28. The molecular weight excluding hydrogens is 364 g/mol. The van der Waals surface area contributed by atoms with Crippen LogP contribution in [0, 0.1) is 0 Å². The van der Waals surface area contributed by atoms with Gasteiger partial charge in [-0.1, -0.05) is 5.57 Å². The summed E-state index contributed by atoms with van der Waals surface area (Å²) in [4.78, 5) is 23.7. The molecule has 148 valence electrons. The van der Waals surface area contributed by atoms with Crippen LogP contribution in [-0.4, -0.2) is 29.4 Å². The van der Waals surface area contributed by atoms with Crippen molar-refractivity contribution in [3.05, 3.63) is 52.6 Å². The molecule has 0 saturated heterocycles. The minimum absolute atomic E-state index is 0.167. The number of fused-ring (bicyclic) bond motifs is 2. The van der Waals surface area contributed by atoms with Crippen LogP contribution in [0.1, 0.15) is 27.7 Å². The van der Waals surface area contributed by atoms with Gasteiger partial charge in [0.25, 0.3) is 0 Å². The summed E-state index contributed by atoms with van der Waals surface area (Å²) in [5, 5.41) is 11.8. The highest BCUT2D eigenvalue weighted by molar-refractivity contribution is 5.99. The Balaban J connectivity index is 1.96. The van der Waals surface area contributed by atoms with Gasteiger partial charge in [-0.2, -0.15) is 0 Å². The third-order valence-corrected chi connectivity index (χ3v) is 4.11. The Morgan fingerprint density at radius 2 is 1.93 bits per heavy atom. The van der Waals surface area contributed by atoms with E-state index in [0.717, 1.165) is 11.0 Å². The number of benzene rings is 1. The molecule has 2 heterocycles. The van der Waals surface area contributed by atoms with Gasteiger partial charge in [0, 0.05) is 22.9 Å². The summed E-state index contributed by atoms with van der Waals surface area (Å²) >= 11 is 0. The summed E-state index contributed by atoms with van der Waals surface area (Å²) in [6.45, 7) is 6.40. The number of furan rings is 1. The third kappa shape index (κ3) is 4.26.